The van der Waals surface area contributed by atoms with Crippen LogP contribution in [-0.4, -0.2) is 20.8 Å². The standard InChI is InChI=1S/C15H18N4OS/c1-11(9-19-6-3-5-17-19)16-8-14-12(2)20-15(18-14)13-4-7-21-10-13/h3-7,10-11,16H,8-9H2,1-2H3/t11-/m0/s1. The van der Waals surface area contributed by atoms with Crippen LogP contribution >= 0.6 is 11.3 Å². The molecule has 0 saturated carbocycles. The largest absolute Gasteiger partial charge is 0.441 e. The summed E-state index contributed by atoms with van der Waals surface area (Å²) in [7, 11) is 0. The van der Waals surface area contributed by atoms with Gasteiger partial charge < -0.3 is 9.73 Å². The number of oxazole rings is 1. The van der Waals surface area contributed by atoms with E-state index >= 15 is 0 Å². The molecule has 3 heterocycles. The average Bonchev–Trinajstić information content (AvgIpc) is 3.17. The zero-order valence-corrected chi connectivity index (χ0v) is 12.9. The van der Waals surface area contributed by atoms with E-state index in [1.165, 1.54) is 0 Å². The summed E-state index contributed by atoms with van der Waals surface area (Å²) in [6.07, 6.45) is 3.76. The second-order valence-corrected chi connectivity index (χ2v) is 5.82. The van der Waals surface area contributed by atoms with Crippen LogP contribution in [0, 0.1) is 6.92 Å². The van der Waals surface area contributed by atoms with Crippen LogP contribution in [0.5, 0.6) is 0 Å². The van der Waals surface area contributed by atoms with E-state index in [4.69, 9.17) is 4.42 Å². The van der Waals surface area contributed by atoms with Gasteiger partial charge in [-0.05, 0) is 31.4 Å². The van der Waals surface area contributed by atoms with Crippen molar-refractivity contribution in [2.24, 2.45) is 0 Å². The Hall–Kier alpha value is -1.92. The molecule has 0 saturated heterocycles. The van der Waals surface area contributed by atoms with Crippen molar-refractivity contribution in [3.05, 3.63) is 46.7 Å². The number of aromatic nitrogens is 3. The van der Waals surface area contributed by atoms with Crippen LogP contribution in [0.3, 0.4) is 0 Å². The van der Waals surface area contributed by atoms with E-state index in [9.17, 15) is 0 Å². The second kappa shape index (κ2) is 6.24. The molecule has 0 amide bonds. The number of hydrogen-bond acceptors (Lipinski definition) is 5. The zero-order chi connectivity index (χ0) is 14.7. The van der Waals surface area contributed by atoms with Gasteiger partial charge in [-0.3, -0.25) is 4.68 Å². The summed E-state index contributed by atoms with van der Waals surface area (Å²) in [5.74, 6) is 1.57. The monoisotopic (exact) mass is 302 g/mol. The van der Waals surface area contributed by atoms with Gasteiger partial charge in [-0.1, -0.05) is 0 Å². The summed E-state index contributed by atoms with van der Waals surface area (Å²) in [4.78, 5) is 4.58. The van der Waals surface area contributed by atoms with E-state index in [2.05, 4.69) is 22.3 Å². The number of rotatable bonds is 6. The molecule has 3 aromatic rings. The summed E-state index contributed by atoms with van der Waals surface area (Å²) in [6.45, 7) is 5.62. The molecule has 0 radical (unpaired) electrons. The molecule has 0 unspecified atom stereocenters. The third-order valence-corrected chi connectivity index (χ3v) is 3.98. The van der Waals surface area contributed by atoms with E-state index in [-0.39, 0.29) is 0 Å². The van der Waals surface area contributed by atoms with Gasteiger partial charge in [0.05, 0.1) is 12.2 Å². The number of aryl methyl sites for hydroxylation is 1. The predicted molar refractivity (Wildman–Crippen MR) is 83.1 cm³/mol. The Morgan fingerprint density at radius 3 is 3.10 bits per heavy atom. The van der Waals surface area contributed by atoms with E-state index < -0.39 is 0 Å². The van der Waals surface area contributed by atoms with Crippen LogP contribution in [0.4, 0.5) is 0 Å². The molecule has 1 N–H and O–H groups in total. The number of nitrogens with zero attached hydrogens (tertiary/aromatic N) is 3. The van der Waals surface area contributed by atoms with Crippen LogP contribution in [-0.2, 0) is 13.1 Å². The molecule has 110 valence electrons. The first-order chi connectivity index (χ1) is 10.2. The Balaban J connectivity index is 1.60. The molecule has 0 aromatic carbocycles. The van der Waals surface area contributed by atoms with Crippen molar-refractivity contribution in [2.75, 3.05) is 0 Å². The molecular weight excluding hydrogens is 284 g/mol. The van der Waals surface area contributed by atoms with Crippen molar-refractivity contribution in [1.82, 2.24) is 20.1 Å². The van der Waals surface area contributed by atoms with Crippen molar-refractivity contribution in [3.8, 4) is 11.5 Å². The molecule has 3 rings (SSSR count). The maximum absolute atomic E-state index is 5.74. The van der Waals surface area contributed by atoms with Crippen molar-refractivity contribution < 1.29 is 4.42 Å². The fourth-order valence-corrected chi connectivity index (χ4v) is 2.76. The average molecular weight is 302 g/mol. The highest BCUT2D eigenvalue weighted by Crippen LogP contribution is 2.23. The highest BCUT2D eigenvalue weighted by Gasteiger charge is 2.12. The van der Waals surface area contributed by atoms with Gasteiger partial charge in [0.1, 0.15) is 5.76 Å². The molecule has 21 heavy (non-hydrogen) atoms. The second-order valence-electron chi connectivity index (χ2n) is 5.04. The fourth-order valence-electron chi connectivity index (χ4n) is 2.13. The summed E-state index contributed by atoms with van der Waals surface area (Å²) in [6, 6.07) is 4.26. The highest BCUT2D eigenvalue weighted by atomic mass is 32.1. The summed E-state index contributed by atoms with van der Waals surface area (Å²) < 4.78 is 7.66. The first kappa shape index (κ1) is 14.0. The first-order valence-electron chi connectivity index (χ1n) is 6.92. The van der Waals surface area contributed by atoms with Gasteiger partial charge >= 0.3 is 0 Å². The molecule has 3 aromatic heterocycles. The minimum absolute atomic E-state index is 0.311. The summed E-state index contributed by atoms with van der Waals surface area (Å²) in [5.41, 5.74) is 2.00. The lowest BCUT2D eigenvalue weighted by atomic mass is 10.3. The van der Waals surface area contributed by atoms with Crippen molar-refractivity contribution >= 4 is 11.3 Å². The molecule has 5 nitrogen and oxygen atoms in total. The maximum atomic E-state index is 5.74. The van der Waals surface area contributed by atoms with E-state index in [0.29, 0.717) is 18.5 Å². The number of nitrogens with one attached hydrogen (secondary N) is 1. The minimum atomic E-state index is 0.311. The van der Waals surface area contributed by atoms with Gasteiger partial charge in [-0.2, -0.15) is 16.4 Å². The summed E-state index contributed by atoms with van der Waals surface area (Å²) >= 11 is 1.64. The lowest BCUT2D eigenvalue weighted by Crippen LogP contribution is -2.30. The predicted octanol–water partition coefficient (Wildman–Crippen LogP) is 3.09. The third-order valence-electron chi connectivity index (χ3n) is 3.30. The Morgan fingerprint density at radius 1 is 1.48 bits per heavy atom. The topological polar surface area (TPSA) is 55.9 Å². The molecule has 0 aliphatic heterocycles. The smallest absolute Gasteiger partial charge is 0.227 e. The van der Waals surface area contributed by atoms with Crippen LogP contribution < -0.4 is 5.32 Å². The van der Waals surface area contributed by atoms with E-state index in [0.717, 1.165) is 23.6 Å². The Morgan fingerprint density at radius 2 is 2.38 bits per heavy atom. The number of thiophene rings is 1. The van der Waals surface area contributed by atoms with Gasteiger partial charge in [0.2, 0.25) is 5.89 Å². The quantitative estimate of drug-likeness (QED) is 0.760. The zero-order valence-electron chi connectivity index (χ0n) is 12.1. The van der Waals surface area contributed by atoms with Crippen LogP contribution in [0.1, 0.15) is 18.4 Å². The molecule has 1 atom stereocenters. The van der Waals surface area contributed by atoms with Crippen LogP contribution in [0.2, 0.25) is 0 Å². The third kappa shape index (κ3) is 3.40. The molecule has 0 aliphatic rings. The maximum Gasteiger partial charge on any atom is 0.227 e. The highest BCUT2D eigenvalue weighted by molar-refractivity contribution is 7.08. The first-order valence-corrected chi connectivity index (χ1v) is 7.86. The number of hydrogen-bond donors (Lipinski definition) is 1. The van der Waals surface area contributed by atoms with Crippen LogP contribution in [0.25, 0.3) is 11.5 Å². The lowest BCUT2D eigenvalue weighted by molar-refractivity contribution is 0.446. The van der Waals surface area contributed by atoms with Gasteiger partial charge in [0, 0.05) is 35.9 Å². The van der Waals surface area contributed by atoms with Gasteiger partial charge in [0.25, 0.3) is 0 Å². The Labute approximate surface area is 127 Å². The normalized spacial score (nSPS) is 12.7. The van der Waals surface area contributed by atoms with Gasteiger partial charge in [-0.15, -0.1) is 0 Å². The fraction of sp³-hybridized carbons (Fsp3) is 0.333. The Kier molecular flexibility index (Phi) is 4.17. The van der Waals surface area contributed by atoms with Gasteiger partial charge in [0.15, 0.2) is 0 Å². The molecule has 0 spiro atoms. The molecule has 0 fully saturated rings. The van der Waals surface area contributed by atoms with E-state index in [1.807, 2.05) is 40.7 Å². The molecule has 6 heteroatoms. The van der Waals surface area contributed by atoms with Crippen molar-refractivity contribution in [1.29, 1.82) is 0 Å². The summed E-state index contributed by atoms with van der Waals surface area (Å²) in [5, 5.41) is 11.7. The van der Waals surface area contributed by atoms with Crippen molar-refractivity contribution in [2.45, 2.75) is 33.0 Å². The molecular formula is C15H18N4OS. The Bertz CT molecular complexity index is 673. The van der Waals surface area contributed by atoms with E-state index in [1.54, 1.807) is 17.5 Å². The minimum Gasteiger partial charge on any atom is -0.441 e. The van der Waals surface area contributed by atoms with Crippen molar-refractivity contribution in [3.63, 3.8) is 0 Å². The lowest BCUT2D eigenvalue weighted by Gasteiger charge is -2.12. The molecule has 0 aliphatic carbocycles. The SMILES string of the molecule is Cc1oc(-c2ccsc2)nc1CN[C@@H](C)Cn1cccn1. The van der Waals surface area contributed by atoms with Gasteiger partial charge in [-0.25, -0.2) is 4.98 Å². The van der Waals surface area contributed by atoms with Crippen LogP contribution in [0.15, 0.2) is 39.7 Å². The molecule has 0 bridgehead atoms.